The third-order valence-electron chi connectivity index (χ3n) is 4.90. The Kier molecular flexibility index (Phi) is 4.22. The summed E-state index contributed by atoms with van der Waals surface area (Å²) in [4.78, 5) is 2.39. The Hall–Kier alpha value is -2.33. The quantitative estimate of drug-likeness (QED) is 0.939. The Labute approximate surface area is 143 Å². The van der Waals surface area contributed by atoms with Gasteiger partial charge in [-0.2, -0.15) is 5.10 Å². The van der Waals surface area contributed by atoms with E-state index >= 15 is 0 Å². The monoisotopic (exact) mass is 321 g/mol. The number of ether oxygens (including phenoxy) is 1. The minimum absolute atomic E-state index is 0.253. The van der Waals surface area contributed by atoms with Crippen molar-refractivity contribution in [2.24, 2.45) is 11.0 Å². The number of likely N-dealkylation sites (tertiary alicyclic amines) is 1. The van der Waals surface area contributed by atoms with Gasteiger partial charge >= 0.3 is 0 Å². The van der Waals surface area contributed by atoms with Gasteiger partial charge in [0.1, 0.15) is 12.4 Å². The molecule has 0 amide bonds. The Morgan fingerprint density at radius 3 is 2.92 bits per heavy atom. The normalized spacial score (nSPS) is 23.3. The fourth-order valence-corrected chi connectivity index (χ4v) is 3.55. The second-order valence-corrected chi connectivity index (χ2v) is 6.68. The van der Waals surface area contributed by atoms with Crippen molar-refractivity contribution < 1.29 is 4.74 Å². The minimum atomic E-state index is 0.253. The highest BCUT2D eigenvalue weighted by Crippen LogP contribution is 2.33. The summed E-state index contributed by atoms with van der Waals surface area (Å²) in [7, 11) is 2.19. The maximum atomic E-state index is 5.97. The molecule has 4 heteroatoms. The number of benzene rings is 2. The number of hydrazone groups is 1. The molecule has 2 aliphatic heterocycles. The van der Waals surface area contributed by atoms with Crippen LogP contribution in [-0.2, 0) is 6.61 Å². The highest BCUT2D eigenvalue weighted by atomic mass is 16.5. The lowest BCUT2D eigenvalue weighted by Crippen LogP contribution is -2.39. The summed E-state index contributed by atoms with van der Waals surface area (Å²) < 4.78 is 5.97. The number of piperidine rings is 1. The zero-order valence-corrected chi connectivity index (χ0v) is 14.0. The van der Waals surface area contributed by atoms with Crippen molar-refractivity contribution in [1.29, 1.82) is 0 Å². The Morgan fingerprint density at radius 1 is 1.17 bits per heavy atom. The van der Waals surface area contributed by atoms with E-state index in [0.717, 1.165) is 25.3 Å². The van der Waals surface area contributed by atoms with Crippen molar-refractivity contribution in [3.63, 3.8) is 0 Å². The van der Waals surface area contributed by atoms with E-state index in [9.17, 15) is 0 Å². The third-order valence-corrected chi connectivity index (χ3v) is 4.90. The summed E-state index contributed by atoms with van der Waals surface area (Å²) in [5.41, 5.74) is 7.09. The first kappa shape index (κ1) is 15.2. The lowest BCUT2D eigenvalue weighted by Gasteiger charge is -2.31. The molecule has 0 spiro atoms. The summed E-state index contributed by atoms with van der Waals surface area (Å²) in [6.07, 6.45) is 1.06. The zero-order valence-electron chi connectivity index (χ0n) is 14.0. The van der Waals surface area contributed by atoms with Gasteiger partial charge in [0.2, 0.25) is 0 Å². The number of hydrogen-bond acceptors (Lipinski definition) is 4. The molecule has 4 rings (SSSR count). The molecule has 2 aromatic carbocycles. The van der Waals surface area contributed by atoms with Crippen LogP contribution in [0.1, 0.15) is 23.6 Å². The molecule has 0 radical (unpaired) electrons. The second-order valence-electron chi connectivity index (χ2n) is 6.68. The predicted octanol–water partition coefficient (Wildman–Crippen LogP) is 3.22. The minimum Gasteiger partial charge on any atom is -0.489 e. The van der Waals surface area contributed by atoms with Crippen molar-refractivity contribution >= 4 is 5.71 Å². The van der Waals surface area contributed by atoms with E-state index in [1.807, 2.05) is 24.3 Å². The van der Waals surface area contributed by atoms with Crippen LogP contribution in [0.4, 0.5) is 0 Å². The average molecular weight is 321 g/mol. The molecule has 1 fully saturated rings. The number of nitrogens with one attached hydrogen (secondary N) is 1. The smallest absolute Gasteiger partial charge is 0.120 e. The average Bonchev–Trinajstić information content (AvgIpc) is 3.04. The molecule has 2 heterocycles. The van der Waals surface area contributed by atoms with Crippen molar-refractivity contribution in [3.8, 4) is 5.75 Å². The van der Waals surface area contributed by atoms with Gasteiger partial charge < -0.3 is 15.1 Å². The molecule has 0 aromatic heterocycles. The van der Waals surface area contributed by atoms with Gasteiger partial charge in [0.25, 0.3) is 0 Å². The standard InChI is InChI=1S/C20H23N3O/c1-23-11-10-19-18(13-23)20(22-21-19)16-8-5-9-17(12-16)24-14-15-6-3-2-4-7-15/h2-9,12,18,20,22H,10-11,13-14H2,1H3. The molecule has 4 nitrogen and oxygen atoms in total. The molecule has 0 saturated carbocycles. The zero-order chi connectivity index (χ0) is 16.4. The van der Waals surface area contributed by atoms with E-state index < -0.39 is 0 Å². The van der Waals surface area contributed by atoms with Gasteiger partial charge in [-0.25, -0.2) is 0 Å². The predicted molar refractivity (Wildman–Crippen MR) is 96.1 cm³/mol. The van der Waals surface area contributed by atoms with Crippen LogP contribution in [0.5, 0.6) is 5.75 Å². The molecule has 2 atom stereocenters. The van der Waals surface area contributed by atoms with Crippen LogP contribution in [0.2, 0.25) is 0 Å². The van der Waals surface area contributed by atoms with E-state index in [4.69, 9.17) is 4.74 Å². The summed E-state index contributed by atoms with van der Waals surface area (Å²) >= 11 is 0. The molecule has 0 bridgehead atoms. The first-order valence-corrected chi connectivity index (χ1v) is 8.57. The van der Waals surface area contributed by atoms with Crippen LogP contribution in [-0.4, -0.2) is 30.7 Å². The fourth-order valence-electron chi connectivity index (χ4n) is 3.55. The van der Waals surface area contributed by atoms with E-state index in [1.54, 1.807) is 0 Å². The summed E-state index contributed by atoms with van der Waals surface area (Å²) in [6.45, 7) is 2.76. The molecule has 124 valence electrons. The van der Waals surface area contributed by atoms with E-state index in [0.29, 0.717) is 12.5 Å². The van der Waals surface area contributed by atoms with Gasteiger partial charge in [-0.1, -0.05) is 42.5 Å². The van der Waals surface area contributed by atoms with Crippen molar-refractivity contribution in [2.75, 3.05) is 20.1 Å². The first-order valence-electron chi connectivity index (χ1n) is 8.57. The van der Waals surface area contributed by atoms with Gasteiger partial charge in [0.05, 0.1) is 6.04 Å². The molecule has 2 unspecified atom stereocenters. The van der Waals surface area contributed by atoms with E-state index in [1.165, 1.54) is 16.8 Å². The third kappa shape index (κ3) is 3.15. The van der Waals surface area contributed by atoms with Crippen molar-refractivity contribution in [3.05, 3.63) is 65.7 Å². The lowest BCUT2D eigenvalue weighted by atomic mass is 9.86. The van der Waals surface area contributed by atoms with Crippen LogP contribution in [0.3, 0.4) is 0 Å². The lowest BCUT2D eigenvalue weighted by molar-refractivity contribution is 0.271. The maximum Gasteiger partial charge on any atom is 0.120 e. The fraction of sp³-hybridized carbons (Fsp3) is 0.350. The second kappa shape index (κ2) is 6.65. The topological polar surface area (TPSA) is 36.9 Å². The largest absolute Gasteiger partial charge is 0.489 e. The molecule has 2 aliphatic rings. The van der Waals surface area contributed by atoms with E-state index in [-0.39, 0.29) is 6.04 Å². The Balaban J connectivity index is 1.47. The van der Waals surface area contributed by atoms with Gasteiger partial charge in [0, 0.05) is 31.1 Å². The molecule has 0 aliphatic carbocycles. The van der Waals surface area contributed by atoms with Crippen molar-refractivity contribution in [1.82, 2.24) is 10.3 Å². The number of nitrogens with zero attached hydrogens (tertiary/aromatic N) is 2. The number of hydrogen-bond donors (Lipinski definition) is 1. The Bertz CT molecular complexity index is 729. The summed E-state index contributed by atoms with van der Waals surface area (Å²) in [5, 5.41) is 4.57. The van der Waals surface area contributed by atoms with Crippen LogP contribution >= 0.6 is 0 Å². The molecule has 2 aromatic rings. The van der Waals surface area contributed by atoms with Gasteiger partial charge in [-0.3, -0.25) is 0 Å². The van der Waals surface area contributed by atoms with Gasteiger partial charge in [-0.15, -0.1) is 0 Å². The summed E-state index contributed by atoms with van der Waals surface area (Å²) in [6, 6.07) is 18.9. The molecule has 1 N–H and O–H groups in total. The van der Waals surface area contributed by atoms with Gasteiger partial charge in [-0.05, 0) is 30.3 Å². The first-order chi connectivity index (χ1) is 11.8. The van der Waals surface area contributed by atoms with Gasteiger partial charge in [0.15, 0.2) is 0 Å². The summed E-state index contributed by atoms with van der Waals surface area (Å²) in [5.74, 6) is 1.38. The maximum absolute atomic E-state index is 5.97. The van der Waals surface area contributed by atoms with Crippen LogP contribution in [0, 0.1) is 5.92 Å². The van der Waals surface area contributed by atoms with Crippen LogP contribution in [0.15, 0.2) is 59.7 Å². The number of rotatable bonds is 4. The Morgan fingerprint density at radius 2 is 2.04 bits per heavy atom. The van der Waals surface area contributed by atoms with E-state index in [2.05, 4.69) is 52.8 Å². The van der Waals surface area contributed by atoms with Crippen LogP contribution < -0.4 is 10.2 Å². The molecule has 1 saturated heterocycles. The van der Waals surface area contributed by atoms with Crippen molar-refractivity contribution in [2.45, 2.75) is 19.1 Å². The molecular weight excluding hydrogens is 298 g/mol. The SMILES string of the molecule is CN1CCC2=NNC(c3cccc(OCc4ccccc4)c3)C2C1. The number of fused-ring (bicyclic) bond motifs is 1. The highest BCUT2D eigenvalue weighted by molar-refractivity contribution is 5.89. The highest BCUT2D eigenvalue weighted by Gasteiger charge is 2.36. The molecule has 24 heavy (non-hydrogen) atoms. The molecular formula is C20H23N3O. The van der Waals surface area contributed by atoms with Crippen LogP contribution in [0.25, 0.3) is 0 Å².